The van der Waals surface area contributed by atoms with E-state index in [-0.39, 0.29) is 31.1 Å². The monoisotopic (exact) mass is 737 g/mol. The fraction of sp³-hybridized carbons (Fsp3) is 0.935. The van der Waals surface area contributed by atoms with Gasteiger partial charge in [0.25, 0.3) is 0 Å². The molecule has 0 aliphatic heterocycles. The van der Waals surface area contributed by atoms with Crippen LogP contribution in [0.3, 0.4) is 0 Å². The Bertz CT molecular complexity index is 768. The highest BCUT2D eigenvalue weighted by Gasteiger charge is 2.19. The number of carbonyl (C=O) groups excluding carboxylic acids is 3. The number of carbonyl (C=O) groups is 3. The summed E-state index contributed by atoms with van der Waals surface area (Å²) in [6.07, 6.45) is 42.4. The molecule has 6 nitrogen and oxygen atoms in total. The van der Waals surface area contributed by atoms with Crippen LogP contribution < -0.4 is 0 Å². The van der Waals surface area contributed by atoms with Gasteiger partial charge in [0, 0.05) is 19.3 Å². The van der Waals surface area contributed by atoms with Crippen LogP contribution in [0.5, 0.6) is 0 Å². The lowest BCUT2D eigenvalue weighted by atomic mass is 10.0. The molecular formula is C46H88O6. The maximum Gasteiger partial charge on any atom is 0.306 e. The van der Waals surface area contributed by atoms with Gasteiger partial charge in [-0.3, -0.25) is 14.4 Å². The van der Waals surface area contributed by atoms with Crippen LogP contribution in [0.25, 0.3) is 0 Å². The molecule has 0 unspecified atom stereocenters. The molecule has 0 amide bonds. The minimum absolute atomic E-state index is 0.0632. The van der Waals surface area contributed by atoms with Gasteiger partial charge < -0.3 is 14.2 Å². The first kappa shape index (κ1) is 50.4. The zero-order valence-electron chi connectivity index (χ0n) is 35.1. The van der Waals surface area contributed by atoms with Crippen LogP contribution in [0.4, 0.5) is 0 Å². The SMILES string of the molecule is CCCCCCCCCCCCCCCCCCC(=O)O[C@H](COC(=O)CCCCCCCCC)COC(=O)CCCCCCCCCCCCC. The van der Waals surface area contributed by atoms with Gasteiger partial charge in [-0.2, -0.15) is 0 Å². The van der Waals surface area contributed by atoms with Gasteiger partial charge in [0.15, 0.2) is 6.10 Å². The zero-order chi connectivity index (χ0) is 38.0. The Morgan fingerprint density at radius 1 is 0.308 bits per heavy atom. The first-order valence-electron chi connectivity index (χ1n) is 23.0. The molecule has 0 N–H and O–H groups in total. The lowest BCUT2D eigenvalue weighted by Crippen LogP contribution is -2.30. The van der Waals surface area contributed by atoms with Crippen LogP contribution in [0.1, 0.15) is 258 Å². The Kier molecular flexibility index (Phi) is 40.9. The molecule has 0 aromatic carbocycles. The quantitative estimate of drug-likeness (QED) is 0.0353. The van der Waals surface area contributed by atoms with E-state index in [1.807, 2.05) is 0 Å². The highest BCUT2D eigenvalue weighted by atomic mass is 16.6. The lowest BCUT2D eigenvalue weighted by molar-refractivity contribution is -0.167. The Hall–Kier alpha value is -1.59. The third-order valence-electron chi connectivity index (χ3n) is 10.4. The fourth-order valence-corrected chi connectivity index (χ4v) is 6.85. The van der Waals surface area contributed by atoms with E-state index in [9.17, 15) is 14.4 Å². The number of unbranched alkanes of at least 4 members (excludes halogenated alkanes) is 31. The van der Waals surface area contributed by atoms with Crippen molar-refractivity contribution in [1.29, 1.82) is 0 Å². The Labute approximate surface area is 323 Å². The van der Waals surface area contributed by atoms with E-state index in [4.69, 9.17) is 14.2 Å². The van der Waals surface area contributed by atoms with Crippen molar-refractivity contribution in [3.63, 3.8) is 0 Å². The van der Waals surface area contributed by atoms with Gasteiger partial charge in [-0.05, 0) is 19.3 Å². The summed E-state index contributed by atoms with van der Waals surface area (Å²) in [4.78, 5) is 37.6. The summed E-state index contributed by atoms with van der Waals surface area (Å²) >= 11 is 0. The molecule has 0 bridgehead atoms. The molecule has 0 aliphatic carbocycles. The van der Waals surface area contributed by atoms with Crippen molar-refractivity contribution in [1.82, 2.24) is 0 Å². The van der Waals surface area contributed by atoms with Crippen molar-refractivity contribution in [3.8, 4) is 0 Å². The molecular weight excluding hydrogens is 648 g/mol. The summed E-state index contributed by atoms with van der Waals surface area (Å²) in [5, 5.41) is 0. The summed E-state index contributed by atoms with van der Waals surface area (Å²) in [6.45, 7) is 6.61. The largest absolute Gasteiger partial charge is 0.462 e. The van der Waals surface area contributed by atoms with Crippen LogP contribution in [0.2, 0.25) is 0 Å². The second kappa shape index (κ2) is 42.2. The average molecular weight is 737 g/mol. The number of ether oxygens (including phenoxy) is 3. The normalized spacial score (nSPS) is 11.8. The second-order valence-corrected chi connectivity index (χ2v) is 15.7. The molecule has 0 spiro atoms. The van der Waals surface area contributed by atoms with E-state index >= 15 is 0 Å². The summed E-state index contributed by atoms with van der Waals surface area (Å²) in [7, 11) is 0. The molecule has 0 rings (SSSR count). The summed E-state index contributed by atoms with van der Waals surface area (Å²) in [6, 6.07) is 0. The maximum absolute atomic E-state index is 12.7. The molecule has 0 aliphatic rings. The van der Waals surface area contributed by atoms with E-state index in [1.165, 1.54) is 161 Å². The lowest BCUT2D eigenvalue weighted by Gasteiger charge is -2.18. The van der Waals surface area contributed by atoms with Crippen molar-refractivity contribution >= 4 is 17.9 Å². The van der Waals surface area contributed by atoms with Gasteiger partial charge in [-0.25, -0.2) is 0 Å². The summed E-state index contributed by atoms with van der Waals surface area (Å²) < 4.78 is 16.7. The van der Waals surface area contributed by atoms with Crippen molar-refractivity contribution in [2.24, 2.45) is 0 Å². The Morgan fingerprint density at radius 3 is 0.769 bits per heavy atom. The molecule has 308 valence electrons. The van der Waals surface area contributed by atoms with E-state index in [2.05, 4.69) is 20.8 Å². The number of esters is 3. The minimum atomic E-state index is -0.757. The van der Waals surface area contributed by atoms with Gasteiger partial charge in [-0.15, -0.1) is 0 Å². The molecule has 1 atom stereocenters. The predicted molar refractivity (Wildman–Crippen MR) is 220 cm³/mol. The van der Waals surface area contributed by atoms with Gasteiger partial charge >= 0.3 is 17.9 Å². The minimum Gasteiger partial charge on any atom is -0.462 e. The van der Waals surface area contributed by atoms with E-state index < -0.39 is 6.10 Å². The molecule has 0 heterocycles. The molecule has 0 aromatic heterocycles. The standard InChI is InChI=1S/C46H88O6/c1-4-7-10-13-16-18-20-21-22-23-24-26-28-31-34-37-40-46(49)52-43(41-50-44(47)38-35-32-29-15-12-9-6-3)42-51-45(48)39-36-33-30-27-25-19-17-14-11-8-5-2/h43H,4-42H2,1-3H3/t43-/m1/s1. The fourth-order valence-electron chi connectivity index (χ4n) is 6.85. The number of rotatable bonds is 42. The van der Waals surface area contributed by atoms with Crippen LogP contribution in [0, 0.1) is 0 Å². The first-order chi connectivity index (χ1) is 25.5. The average Bonchev–Trinajstić information content (AvgIpc) is 3.14. The number of hydrogen-bond acceptors (Lipinski definition) is 6. The second-order valence-electron chi connectivity index (χ2n) is 15.7. The van der Waals surface area contributed by atoms with Gasteiger partial charge in [0.1, 0.15) is 13.2 Å². The topological polar surface area (TPSA) is 78.9 Å². The highest BCUT2D eigenvalue weighted by molar-refractivity contribution is 5.71. The van der Waals surface area contributed by atoms with Crippen molar-refractivity contribution in [2.45, 2.75) is 264 Å². The summed E-state index contributed by atoms with van der Waals surface area (Å²) in [5.74, 6) is -0.858. The van der Waals surface area contributed by atoms with Gasteiger partial charge in [-0.1, -0.05) is 220 Å². The van der Waals surface area contributed by atoms with Gasteiger partial charge in [0.2, 0.25) is 0 Å². The smallest absolute Gasteiger partial charge is 0.306 e. The Balaban J connectivity index is 4.24. The highest BCUT2D eigenvalue weighted by Crippen LogP contribution is 2.16. The van der Waals surface area contributed by atoms with Crippen LogP contribution in [0.15, 0.2) is 0 Å². The molecule has 0 fully saturated rings. The van der Waals surface area contributed by atoms with E-state index in [1.54, 1.807) is 0 Å². The van der Waals surface area contributed by atoms with Crippen LogP contribution >= 0.6 is 0 Å². The van der Waals surface area contributed by atoms with E-state index in [0.717, 1.165) is 57.8 Å². The summed E-state index contributed by atoms with van der Waals surface area (Å²) in [5.41, 5.74) is 0. The molecule has 6 heteroatoms. The third-order valence-corrected chi connectivity index (χ3v) is 10.4. The van der Waals surface area contributed by atoms with Crippen molar-refractivity contribution in [3.05, 3.63) is 0 Å². The molecule has 52 heavy (non-hydrogen) atoms. The van der Waals surface area contributed by atoms with Crippen molar-refractivity contribution < 1.29 is 28.6 Å². The molecule has 0 aromatic rings. The van der Waals surface area contributed by atoms with E-state index in [0.29, 0.717) is 19.3 Å². The predicted octanol–water partition coefficient (Wildman–Crippen LogP) is 14.5. The molecule has 0 saturated heterocycles. The Morgan fingerprint density at radius 2 is 0.519 bits per heavy atom. The first-order valence-corrected chi connectivity index (χ1v) is 23.0. The van der Waals surface area contributed by atoms with Gasteiger partial charge in [0.05, 0.1) is 0 Å². The zero-order valence-corrected chi connectivity index (χ0v) is 35.1. The third kappa shape index (κ3) is 39.6. The maximum atomic E-state index is 12.7. The number of hydrogen-bond donors (Lipinski definition) is 0. The van der Waals surface area contributed by atoms with Crippen LogP contribution in [-0.4, -0.2) is 37.2 Å². The molecule has 0 saturated carbocycles. The molecule has 0 radical (unpaired) electrons. The van der Waals surface area contributed by atoms with Crippen LogP contribution in [-0.2, 0) is 28.6 Å². The van der Waals surface area contributed by atoms with Crippen molar-refractivity contribution in [2.75, 3.05) is 13.2 Å².